The molecule has 1 N–H and O–H groups in total. The van der Waals surface area contributed by atoms with Crippen molar-refractivity contribution in [2.75, 3.05) is 13.7 Å². The van der Waals surface area contributed by atoms with Crippen LogP contribution in [0.5, 0.6) is 5.88 Å². The maximum atomic E-state index is 12.5. The summed E-state index contributed by atoms with van der Waals surface area (Å²) in [5, 5.41) is 0. The van der Waals surface area contributed by atoms with Gasteiger partial charge in [0.15, 0.2) is 0 Å². The standard InChI is InChI=1S/C18H24N4O2/c1-18(2,3)17-20-14-7-8-22(11-13(14)16(23)21-17)10-12-5-6-15(24-4)19-9-12/h5-6,9H,7-8,10-11H2,1-4H3,(H,20,21,23). The van der Waals surface area contributed by atoms with Gasteiger partial charge in [-0.15, -0.1) is 0 Å². The first-order valence-electron chi connectivity index (χ1n) is 8.20. The molecular weight excluding hydrogens is 304 g/mol. The molecule has 3 rings (SSSR count). The number of nitrogens with one attached hydrogen (secondary N) is 1. The van der Waals surface area contributed by atoms with Gasteiger partial charge in [0.25, 0.3) is 5.56 Å². The van der Waals surface area contributed by atoms with Crippen LogP contribution in [-0.4, -0.2) is 33.5 Å². The molecule has 2 aromatic heterocycles. The van der Waals surface area contributed by atoms with Crippen LogP contribution in [0.15, 0.2) is 23.1 Å². The van der Waals surface area contributed by atoms with E-state index in [1.54, 1.807) is 7.11 Å². The summed E-state index contributed by atoms with van der Waals surface area (Å²) in [6.07, 6.45) is 2.62. The monoisotopic (exact) mass is 328 g/mol. The van der Waals surface area contributed by atoms with Gasteiger partial charge in [-0.1, -0.05) is 26.8 Å². The fourth-order valence-electron chi connectivity index (χ4n) is 2.85. The van der Waals surface area contributed by atoms with Crippen LogP contribution in [0.2, 0.25) is 0 Å². The molecule has 1 aliphatic heterocycles. The van der Waals surface area contributed by atoms with Gasteiger partial charge < -0.3 is 9.72 Å². The zero-order chi connectivity index (χ0) is 17.3. The lowest BCUT2D eigenvalue weighted by Gasteiger charge is -2.28. The largest absolute Gasteiger partial charge is 0.481 e. The number of methoxy groups -OCH3 is 1. The van der Waals surface area contributed by atoms with Crippen LogP contribution in [0.1, 0.15) is 43.4 Å². The van der Waals surface area contributed by atoms with E-state index in [4.69, 9.17) is 9.72 Å². The van der Waals surface area contributed by atoms with Gasteiger partial charge in [0.05, 0.1) is 18.4 Å². The van der Waals surface area contributed by atoms with Crippen LogP contribution >= 0.6 is 0 Å². The number of nitrogens with zero attached hydrogens (tertiary/aromatic N) is 3. The van der Waals surface area contributed by atoms with Gasteiger partial charge in [-0.05, 0) is 5.56 Å². The number of H-pyrrole nitrogens is 1. The summed E-state index contributed by atoms with van der Waals surface area (Å²) in [5.74, 6) is 1.37. The number of hydrogen-bond donors (Lipinski definition) is 1. The Balaban J connectivity index is 1.78. The van der Waals surface area contributed by atoms with Crippen molar-refractivity contribution in [1.29, 1.82) is 0 Å². The zero-order valence-corrected chi connectivity index (χ0v) is 14.7. The first-order valence-corrected chi connectivity index (χ1v) is 8.20. The lowest BCUT2D eigenvalue weighted by Crippen LogP contribution is -2.37. The molecule has 0 unspecified atom stereocenters. The highest BCUT2D eigenvalue weighted by molar-refractivity contribution is 5.23. The van der Waals surface area contributed by atoms with Crippen molar-refractivity contribution in [2.45, 2.75) is 45.7 Å². The molecule has 6 nitrogen and oxygen atoms in total. The molecule has 0 bridgehead atoms. The zero-order valence-electron chi connectivity index (χ0n) is 14.7. The smallest absolute Gasteiger partial charge is 0.255 e. The van der Waals surface area contributed by atoms with Gasteiger partial charge in [-0.3, -0.25) is 9.69 Å². The third-order valence-corrected chi connectivity index (χ3v) is 4.27. The van der Waals surface area contributed by atoms with E-state index < -0.39 is 0 Å². The van der Waals surface area contributed by atoms with E-state index in [0.29, 0.717) is 12.4 Å². The number of rotatable bonds is 3. The van der Waals surface area contributed by atoms with E-state index >= 15 is 0 Å². The van der Waals surface area contributed by atoms with E-state index in [-0.39, 0.29) is 11.0 Å². The topological polar surface area (TPSA) is 71.1 Å². The minimum atomic E-state index is -0.153. The second-order valence-electron chi connectivity index (χ2n) is 7.26. The predicted molar refractivity (Wildman–Crippen MR) is 92.2 cm³/mol. The van der Waals surface area contributed by atoms with Crippen LogP contribution in [-0.2, 0) is 24.9 Å². The highest BCUT2D eigenvalue weighted by atomic mass is 16.5. The molecule has 0 spiro atoms. The van der Waals surface area contributed by atoms with Crippen LogP contribution in [0.4, 0.5) is 0 Å². The maximum absolute atomic E-state index is 12.5. The Morgan fingerprint density at radius 1 is 1.33 bits per heavy atom. The minimum Gasteiger partial charge on any atom is -0.481 e. The summed E-state index contributed by atoms with van der Waals surface area (Å²) >= 11 is 0. The summed E-state index contributed by atoms with van der Waals surface area (Å²) in [5.41, 5.74) is 2.67. The fraction of sp³-hybridized carbons (Fsp3) is 0.500. The summed E-state index contributed by atoms with van der Waals surface area (Å²) in [6.45, 7) is 8.44. The summed E-state index contributed by atoms with van der Waals surface area (Å²) < 4.78 is 5.08. The number of fused-ring (bicyclic) bond motifs is 1. The molecule has 0 fully saturated rings. The van der Waals surface area contributed by atoms with Crippen LogP contribution in [0.25, 0.3) is 0 Å². The predicted octanol–water partition coefficient (Wildman–Crippen LogP) is 2.03. The van der Waals surface area contributed by atoms with Gasteiger partial charge in [0.2, 0.25) is 5.88 Å². The molecule has 2 aromatic rings. The molecule has 0 radical (unpaired) electrons. The average Bonchev–Trinajstić information content (AvgIpc) is 2.55. The first-order chi connectivity index (χ1) is 11.4. The molecular formula is C18H24N4O2. The quantitative estimate of drug-likeness (QED) is 0.933. The van der Waals surface area contributed by atoms with Crippen LogP contribution in [0.3, 0.4) is 0 Å². The van der Waals surface area contributed by atoms with Gasteiger partial charge in [0.1, 0.15) is 5.82 Å². The minimum absolute atomic E-state index is 0.0116. The normalized spacial score (nSPS) is 15.2. The molecule has 128 valence electrons. The van der Waals surface area contributed by atoms with Crippen LogP contribution in [0, 0.1) is 0 Å². The van der Waals surface area contributed by atoms with Crippen molar-refractivity contribution >= 4 is 0 Å². The molecule has 0 saturated heterocycles. The SMILES string of the molecule is COc1ccc(CN2CCc3nc(C(C)(C)C)[nH]c(=O)c3C2)cn1. The highest BCUT2D eigenvalue weighted by Gasteiger charge is 2.24. The van der Waals surface area contributed by atoms with Gasteiger partial charge >= 0.3 is 0 Å². The number of aromatic nitrogens is 3. The third kappa shape index (κ3) is 3.48. The van der Waals surface area contributed by atoms with Crippen molar-refractivity contribution in [2.24, 2.45) is 0 Å². The third-order valence-electron chi connectivity index (χ3n) is 4.27. The van der Waals surface area contributed by atoms with Gasteiger partial charge in [0, 0.05) is 43.7 Å². The molecule has 0 aliphatic carbocycles. The lowest BCUT2D eigenvalue weighted by atomic mass is 9.95. The van der Waals surface area contributed by atoms with Gasteiger partial charge in [-0.25, -0.2) is 9.97 Å². The molecule has 0 amide bonds. The summed E-state index contributed by atoms with van der Waals surface area (Å²) in [6, 6.07) is 3.86. The molecule has 0 aromatic carbocycles. The maximum Gasteiger partial charge on any atom is 0.255 e. The van der Waals surface area contributed by atoms with E-state index in [9.17, 15) is 4.79 Å². The fourth-order valence-corrected chi connectivity index (χ4v) is 2.85. The Morgan fingerprint density at radius 2 is 2.12 bits per heavy atom. The van der Waals surface area contributed by atoms with Crippen molar-refractivity contribution in [3.8, 4) is 5.88 Å². The van der Waals surface area contributed by atoms with E-state index in [2.05, 4.69) is 35.6 Å². The lowest BCUT2D eigenvalue weighted by molar-refractivity contribution is 0.240. The van der Waals surface area contributed by atoms with Crippen molar-refractivity contribution in [1.82, 2.24) is 19.9 Å². The number of ether oxygens (including phenoxy) is 1. The summed E-state index contributed by atoms with van der Waals surface area (Å²) in [4.78, 5) is 26.6. The molecule has 0 atom stereocenters. The average molecular weight is 328 g/mol. The van der Waals surface area contributed by atoms with Crippen molar-refractivity contribution < 1.29 is 4.74 Å². The number of hydrogen-bond acceptors (Lipinski definition) is 5. The Bertz CT molecular complexity index is 775. The van der Waals surface area contributed by atoms with Crippen molar-refractivity contribution in [3.63, 3.8) is 0 Å². The first kappa shape index (κ1) is 16.6. The number of pyridine rings is 1. The second kappa shape index (κ2) is 6.36. The molecule has 3 heterocycles. The van der Waals surface area contributed by atoms with E-state index in [1.165, 1.54) is 0 Å². The second-order valence-corrected chi connectivity index (χ2v) is 7.26. The summed E-state index contributed by atoms with van der Waals surface area (Å²) in [7, 11) is 1.61. The molecule has 0 saturated carbocycles. The molecule has 24 heavy (non-hydrogen) atoms. The van der Waals surface area contributed by atoms with E-state index in [0.717, 1.165) is 42.2 Å². The van der Waals surface area contributed by atoms with E-state index in [1.807, 2.05) is 18.3 Å². The number of aromatic amines is 1. The van der Waals surface area contributed by atoms with Gasteiger partial charge in [-0.2, -0.15) is 0 Å². The molecule has 1 aliphatic rings. The molecule has 6 heteroatoms. The Kier molecular flexibility index (Phi) is 4.41. The van der Waals surface area contributed by atoms with Crippen molar-refractivity contribution in [3.05, 3.63) is 51.3 Å². The Morgan fingerprint density at radius 3 is 2.75 bits per heavy atom. The van der Waals surface area contributed by atoms with Crippen LogP contribution < -0.4 is 10.3 Å². The Hall–Kier alpha value is -2.21. The Labute approximate surface area is 141 Å². The highest BCUT2D eigenvalue weighted by Crippen LogP contribution is 2.21.